The lowest BCUT2D eigenvalue weighted by Gasteiger charge is -2.09. The van der Waals surface area contributed by atoms with Crippen LogP contribution in [-0.4, -0.2) is 23.7 Å². The van der Waals surface area contributed by atoms with Crippen LogP contribution in [0.5, 0.6) is 0 Å². The number of allylic oxidation sites excluding steroid dienone is 4. The molecule has 2 aromatic rings. The molecule has 0 aliphatic rings. The third-order valence-corrected chi connectivity index (χ3v) is 5.48. The van der Waals surface area contributed by atoms with Crippen LogP contribution in [0.3, 0.4) is 0 Å². The van der Waals surface area contributed by atoms with E-state index in [1.807, 2.05) is 19.1 Å². The number of carbonyl (C=O) groups excluding carboxylic acids is 1. The molecule has 0 bridgehead atoms. The highest BCUT2D eigenvalue weighted by molar-refractivity contribution is 7.93. The number of aldehydes is 1. The average molecular weight is 332 g/mol. The van der Waals surface area contributed by atoms with E-state index in [1.165, 1.54) is 12.4 Å². The molecule has 0 radical (unpaired) electrons. The molecule has 0 aliphatic heterocycles. The molecule has 0 saturated heterocycles. The maximum atomic E-state index is 12.9. The van der Waals surface area contributed by atoms with Crippen LogP contribution in [0.1, 0.15) is 43.5 Å². The Bertz CT molecular complexity index is 861. The monoisotopic (exact) mass is 332 g/mol. The van der Waals surface area contributed by atoms with Gasteiger partial charge in [0.1, 0.15) is 0 Å². The summed E-state index contributed by atoms with van der Waals surface area (Å²) in [5.41, 5.74) is 0.600. The zero-order valence-corrected chi connectivity index (χ0v) is 14.1. The van der Waals surface area contributed by atoms with E-state index in [4.69, 9.17) is 0 Å². The summed E-state index contributed by atoms with van der Waals surface area (Å²) in [5.74, 6) is 0. The second-order valence-electron chi connectivity index (χ2n) is 5.05. The van der Waals surface area contributed by atoms with Crippen molar-refractivity contribution >= 4 is 27.3 Å². The number of rotatable bonds is 7. The summed E-state index contributed by atoms with van der Waals surface area (Å²) in [5, 5.41) is 0.537. The first kappa shape index (κ1) is 17.1. The van der Waals surface area contributed by atoms with Crippen LogP contribution in [0.15, 0.2) is 47.7 Å². The molecule has 6 heteroatoms. The minimum atomic E-state index is -3.72. The molecule has 2 rings (SSSR count). The normalized spacial score (nSPS) is 13.0. The average Bonchev–Trinajstić information content (AvgIpc) is 2.94. The Balaban J connectivity index is 2.52. The van der Waals surface area contributed by atoms with Gasteiger partial charge in [-0.25, -0.2) is 17.4 Å². The number of hydrogen-bond donors (Lipinski definition) is 0. The van der Waals surface area contributed by atoms with Gasteiger partial charge in [0.05, 0.1) is 4.91 Å². The van der Waals surface area contributed by atoms with Gasteiger partial charge in [-0.3, -0.25) is 4.79 Å². The molecule has 0 unspecified atom stereocenters. The summed E-state index contributed by atoms with van der Waals surface area (Å²) in [6.45, 7) is 3.73. The number of aromatic nitrogens is 2. The fraction of sp³-hybridized carbons (Fsp3) is 0.294. The SMILES string of the molecule is C/C=C\CC/C=C(\CC)S(=O)(=O)n1cc(C=O)c2cccnc21. The number of hydrogen-bond acceptors (Lipinski definition) is 4. The van der Waals surface area contributed by atoms with Gasteiger partial charge < -0.3 is 0 Å². The van der Waals surface area contributed by atoms with Gasteiger partial charge >= 0.3 is 0 Å². The highest BCUT2D eigenvalue weighted by atomic mass is 32.2. The molecular weight excluding hydrogens is 312 g/mol. The van der Waals surface area contributed by atoms with E-state index in [1.54, 1.807) is 25.1 Å². The van der Waals surface area contributed by atoms with Crippen molar-refractivity contribution in [3.05, 3.63) is 53.2 Å². The van der Waals surface area contributed by atoms with Crippen molar-refractivity contribution in [2.45, 2.75) is 33.1 Å². The lowest BCUT2D eigenvalue weighted by atomic mass is 10.2. The van der Waals surface area contributed by atoms with Crippen molar-refractivity contribution in [1.29, 1.82) is 0 Å². The molecule has 0 saturated carbocycles. The van der Waals surface area contributed by atoms with Crippen LogP contribution in [0.2, 0.25) is 0 Å². The van der Waals surface area contributed by atoms with Crippen LogP contribution in [0.4, 0.5) is 0 Å². The quantitative estimate of drug-likeness (QED) is 0.440. The van der Waals surface area contributed by atoms with Crippen LogP contribution in [0.25, 0.3) is 11.0 Å². The fourth-order valence-corrected chi connectivity index (χ4v) is 3.97. The van der Waals surface area contributed by atoms with Crippen LogP contribution in [0, 0.1) is 0 Å². The highest BCUT2D eigenvalue weighted by Gasteiger charge is 2.22. The van der Waals surface area contributed by atoms with Gasteiger partial charge in [0.15, 0.2) is 11.9 Å². The molecule has 122 valence electrons. The van der Waals surface area contributed by atoms with Crippen molar-refractivity contribution in [2.24, 2.45) is 0 Å². The highest BCUT2D eigenvalue weighted by Crippen LogP contribution is 2.24. The molecule has 0 fully saturated rings. The number of unbranched alkanes of at least 4 members (excludes halogenated alkanes) is 1. The summed E-state index contributed by atoms with van der Waals surface area (Å²) in [7, 11) is -3.72. The fourth-order valence-electron chi connectivity index (χ4n) is 2.40. The van der Waals surface area contributed by atoms with E-state index in [0.29, 0.717) is 35.0 Å². The molecule has 5 nitrogen and oxygen atoms in total. The molecule has 0 spiro atoms. The largest absolute Gasteiger partial charge is 0.298 e. The molecule has 0 aliphatic carbocycles. The molecule has 0 aromatic carbocycles. The summed E-state index contributed by atoms with van der Waals surface area (Å²) >= 11 is 0. The zero-order chi connectivity index (χ0) is 16.9. The number of pyridine rings is 1. The maximum absolute atomic E-state index is 12.9. The maximum Gasteiger partial charge on any atom is 0.265 e. The Morgan fingerprint density at radius 3 is 2.78 bits per heavy atom. The van der Waals surface area contributed by atoms with Gasteiger partial charge in [0, 0.05) is 23.3 Å². The third-order valence-electron chi connectivity index (χ3n) is 3.57. The second kappa shape index (κ2) is 7.37. The first-order valence-electron chi connectivity index (χ1n) is 7.53. The minimum absolute atomic E-state index is 0.280. The van der Waals surface area contributed by atoms with Gasteiger partial charge in [-0.15, -0.1) is 0 Å². The predicted octanol–water partition coefficient (Wildman–Crippen LogP) is 3.68. The predicted molar refractivity (Wildman–Crippen MR) is 91.9 cm³/mol. The van der Waals surface area contributed by atoms with Crippen molar-refractivity contribution in [3.63, 3.8) is 0 Å². The first-order valence-corrected chi connectivity index (χ1v) is 8.97. The van der Waals surface area contributed by atoms with E-state index in [-0.39, 0.29) is 5.65 Å². The van der Waals surface area contributed by atoms with Crippen molar-refractivity contribution in [3.8, 4) is 0 Å². The molecule has 2 aromatic heterocycles. The van der Waals surface area contributed by atoms with Gasteiger partial charge in [-0.1, -0.05) is 25.2 Å². The molecule has 0 N–H and O–H groups in total. The van der Waals surface area contributed by atoms with Crippen LogP contribution in [-0.2, 0) is 10.0 Å². The van der Waals surface area contributed by atoms with Crippen molar-refractivity contribution in [2.75, 3.05) is 0 Å². The third kappa shape index (κ3) is 3.42. The molecule has 23 heavy (non-hydrogen) atoms. The Hall–Kier alpha value is -2.21. The summed E-state index contributed by atoms with van der Waals surface area (Å²) < 4.78 is 26.9. The Kier molecular flexibility index (Phi) is 5.50. The van der Waals surface area contributed by atoms with E-state index < -0.39 is 10.0 Å². The summed E-state index contributed by atoms with van der Waals surface area (Å²) in [6, 6.07) is 3.37. The molecule has 2 heterocycles. The first-order chi connectivity index (χ1) is 11.1. The second-order valence-corrected chi connectivity index (χ2v) is 6.92. The van der Waals surface area contributed by atoms with Crippen LogP contribution < -0.4 is 0 Å². The lowest BCUT2D eigenvalue weighted by molar-refractivity contribution is 0.112. The van der Waals surface area contributed by atoms with E-state index in [9.17, 15) is 13.2 Å². The molecule has 0 atom stereocenters. The van der Waals surface area contributed by atoms with E-state index >= 15 is 0 Å². The smallest absolute Gasteiger partial charge is 0.265 e. The lowest BCUT2D eigenvalue weighted by Crippen LogP contribution is -2.14. The standard InChI is InChI=1S/C17H20N2O3S/c1-3-5-6-7-9-15(4-2)23(21,22)19-12-14(13-20)16-10-8-11-18-17(16)19/h3,5,8-13H,4,6-7H2,1-2H3/b5-3-,15-9+. The zero-order valence-electron chi connectivity index (χ0n) is 13.3. The van der Waals surface area contributed by atoms with Crippen molar-refractivity contribution < 1.29 is 13.2 Å². The van der Waals surface area contributed by atoms with Crippen LogP contribution >= 0.6 is 0 Å². The molecular formula is C17H20N2O3S. The Morgan fingerprint density at radius 1 is 1.35 bits per heavy atom. The number of fused-ring (bicyclic) bond motifs is 1. The van der Waals surface area contributed by atoms with Gasteiger partial charge in [0.25, 0.3) is 10.0 Å². The van der Waals surface area contributed by atoms with E-state index in [0.717, 1.165) is 10.4 Å². The topological polar surface area (TPSA) is 69.0 Å². The van der Waals surface area contributed by atoms with Crippen molar-refractivity contribution in [1.82, 2.24) is 8.96 Å². The van der Waals surface area contributed by atoms with E-state index in [2.05, 4.69) is 4.98 Å². The molecule has 0 amide bonds. The van der Waals surface area contributed by atoms with Gasteiger partial charge in [-0.05, 0) is 38.3 Å². The Morgan fingerprint density at radius 2 is 2.13 bits per heavy atom. The number of nitrogens with zero attached hydrogens (tertiary/aromatic N) is 2. The van der Waals surface area contributed by atoms with Gasteiger partial charge in [0.2, 0.25) is 0 Å². The summed E-state index contributed by atoms with van der Waals surface area (Å²) in [6.07, 6.45) is 11.0. The summed E-state index contributed by atoms with van der Waals surface area (Å²) in [4.78, 5) is 15.7. The van der Waals surface area contributed by atoms with Gasteiger partial charge in [-0.2, -0.15) is 0 Å². The Labute approximate surface area is 136 Å². The number of carbonyl (C=O) groups is 1. The minimum Gasteiger partial charge on any atom is -0.298 e.